The van der Waals surface area contributed by atoms with Crippen molar-refractivity contribution in [1.82, 2.24) is 9.80 Å². The van der Waals surface area contributed by atoms with Gasteiger partial charge in [-0.25, -0.2) is 0 Å². The Balaban J connectivity index is 1.27. The van der Waals surface area contributed by atoms with Crippen molar-refractivity contribution in [3.63, 3.8) is 0 Å². The molecule has 0 aromatic heterocycles. The van der Waals surface area contributed by atoms with Crippen LogP contribution in [0, 0.1) is 53.3 Å². The maximum atomic E-state index is 13.1. The van der Waals surface area contributed by atoms with Crippen molar-refractivity contribution in [2.24, 2.45) is 53.3 Å². The third-order valence-electron chi connectivity index (χ3n) is 29.0. The summed E-state index contributed by atoms with van der Waals surface area (Å²) in [4.78, 5) is 43.5. The Morgan fingerprint density at radius 1 is 0.311 bits per heavy atom. The Morgan fingerprint density at radius 3 is 1.03 bits per heavy atom. The van der Waals surface area contributed by atoms with Crippen LogP contribution in [0.15, 0.2) is 0 Å². The summed E-state index contributed by atoms with van der Waals surface area (Å²) in [6, 6.07) is 0. The Labute approximate surface area is 759 Å². The molecule has 0 aromatic rings. The average Bonchev–Trinajstić information content (AvgIpc) is 0.854. The van der Waals surface area contributed by atoms with E-state index in [4.69, 9.17) is 33.2 Å². The van der Waals surface area contributed by atoms with Gasteiger partial charge in [0, 0.05) is 44.9 Å². The molecule has 6 atom stereocenters. The fourth-order valence-electron chi connectivity index (χ4n) is 20.1. The highest BCUT2D eigenvalue weighted by atomic mass is 16.7. The first-order valence-electron chi connectivity index (χ1n) is 54.8. The van der Waals surface area contributed by atoms with E-state index in [0.717, 1.165) is 166 Å². The van der Waals surface area contributed by atoms with Crippen molar-refractivity contribution in [3.8, 4) is 0 Å². The molecule has 1 heterocycles. The molecule has 12 heteroatoms. The first-order valence-corrected chi connectivity index (χ1v) is 54.8. The molecule has 722 valence electrons. The quantitative estimate of drug-likeness (QED) is 0.0249. The van der Waals surface area contributed by atoms with Crippen LogP contribution in [-0.4, -0.2) is 125 Å². The van der Waals surface area contributed by atoms with E-state index in [2.05, 4.69) is 93.1 Å². The summed E-state index contributed by atoms with van der Waals surface area (Å²) in [5.74, 6) is 5.06. The van der Waals surface area contributed by atoms with Crippen molar-refractivity contribution >= 4 is 17.9 Å². The Bertz CT molecular complexity index is 2290. The number of hydrogen-bond acceptors (Lipinski definition) is 12. The number of carbonyl (C=O) groups excluding carboxylic acids is 3. The van der Waals surface area contributed by atoms with Crippen LogP contribution in [0.1, 0.15) is 538 Å². The highest BCUT2D eigenvalue weighted by Gasteiger charge is 2.36. The van der Waals surface area contributed by atoms with Gasteiger partial charge in [-0.15, -0.1) is 0 Å². The Kier molecular flexibility index (Phi) is 74.0. The highest BCUT2D eigenvalue weighted by Crippen LogP contribution is 2.38. The molecule has 2 saturated carbocycles. The van der Waals surface area contributed by atoms with Crippen LogP contribution in [0.5, 0.6) is 0 Å². The van der Waals surface area contributed by atoms with Crippen molar-refractivity contribution in [1.29, 1.82) is 0 Å². The molecular weight excluding hydrogens is 1510 g/mol. The third kappa shape index (κ3) is 64.8. The fourth-order valence-corrected chi connectivity index (χ4v) is 20.1. The molecule has 6 unspecified atom stereocenters. The van der Waals surface area contributed by atoms with Gasteiger partial charge in [0.05, 0.1) is 39.6 Å². The van der Waals surface area contributed by atoms with Gasteiger partial charge < -0.3 is 43.0 Å². The van der Waals surface area contributed by atoms with Gasteiger partial charge in [-0.3, -0.25) is 14.4 Å². The van der Waals surface area contributed by atoms with E-state index in [1.54, 1.807) is 0 Å². The molecule has 3 rings (SSSR count). The lowest BCUT2D eigenvalue weighted by atomic mass is 9.87. The molecule has 1 saturated heterocycles. The van der Waals surface area contributed by atoms with Gasteiger partial charge in [0.2, 0.25) is 0 Å². The van der Waals surface area contributed by atoms with Crippen LogP contribution >= 0.6 is 0 Å². The SMILES string of the molecule is CCCCCC(CCCCC)CCOC1(OCCCCCCCC(CCCCCCCOC2(OCCC(CCCCC)CCCCCCC(C)CCC(COC(=O)CCCCCCCCCC(CCCCCCCCCC(=O)OCC(CCC(C)C)C(C)C)CCCCCN3CCCCC3)C(C)C)CCCCC2)OC(=O)CCCN(C)C)CCCCC1. The van der Waals surface area contributed by atoms with Crippen LogP contribution in [-0.2, 0) is 47.5 Å². The van der Waals surface area contributed by atoms with Gasteiger partial charge in [-0.05, 0) is 222 Å². The molecule has 1 aliphatic heterocycles. The van der Waals surface area contributed by atoms with Gasteiger partial charge in [0.25, 0.3) is 0 Å². The number of piperidine rings is 1. The van der Waals surface area contributed by atoms with E-state index >= 15 is 0 Å². The van der Waals surface area contributed by atoms with Crippen LogP contribution < -0.4 is 0 Å². The van der Waals surface area contributed by atoms with Crippen LogP contribution in [0.4, 0.5) is 0 Å². The zero-order chi connectivity index (χ0) is 88.3. The molecule has 0 N–H and O–H groups in total. The summed E-state index contributed by atoms with van der Waals surface area (Å²) in [6.07, 6.45) is 88.5. The minimum Gasteiger partial charge on any atom is -0.465 e. The lowest BCUT2D eigenvalue weighted by Crippen LogP contribution is -2.39. The van der Waals surface area contributed by atoms with Crippen LogP contribution in [0.3, 0.4) is 0 Å². The second-order valence-electron chi connectivity index (χ2n) is 41.9. The minimum absolute atomic E-state index is 0.00730. The number of hydrogen-bond donors (Lipinski definition) is 0. The zero-order valence-electron chi connectivity index (χ0n) is 83.9. The normalized spacial score (nSPS) is 16.8. The summed E-state index contributed by atoms with van der Waals surface area (Å²) in [5, 5.41) is 0. The topological polar surface area (TPSA) is 122 Å². The van der Waals surface area contributed by atoms with E-state index in [-0.39, 0.29) is 29.8 Å². The minimum atomic E-state index is -0.397. The molecule has 2 aliphatic carbocycles. The number of likely N-dealkylation sites (tertiary alicyclic amines) is 1. The Morgan fingerprint density at radius 2 is 0.639 bits per heavy atom. The first-order chi connectivity index (χ1) is 59.4. The number of ether oxygens (including phenoxy) is 7. The van der Waals surface area contributed by atoms with Crippen molar-refractivity contribution in [2.45, 2.75) is 556 Å². The van der Waals surface area contributed by atoms with Crippen molar-refractivity contribution in [2.75, 3.05) is 79.9 Å². The van der Waals surface area contributed by atoms with Gasteiger partial charge in [0.15, 0.2) is 11.6 Å². The summed E-state index contributed by atoms with van der Waals surface area (Å²) in [5.41, 5.74) is 0. The predicted molar refractivity (Wildman–Crippen MR) is 521 cm³/mol. The van der Waals surface area contributed by atoms with E-state index in [1.165, 1.54) is 354 Å². The lowest BCUT2D eigenvalue weighted by molar-refractivity contribution is -0.254. The molecule has 0 aromatic carbocycles. The van der Waals surface area contributed by atoms with E-state index in [1.807, 2.05) is 0 Å². The molecule has 3 aliphatic rings. The van der Waals surface area contributed by atoms with E-state index < -0.39 is 5.79 Å². The van der Waals surface area contributed by atoms with Crippen molar-refractivity contribution < 1.29 is 47.5 Å². The average molecular weight is 1720 g/mol. The number of carbonyl (C=O) groups is 3. The predicted octanol–water partition coefficient (Wildman–Crippen LogP) is 32.6. The van der Waals surface area contributed by atoms with E-state index in [0.29, 0.717) is 68.0 Å². The molecule has 3 fully saturated rings. The molecule has 122 heavy (non-hydrogen) atoms. The van der Waals surface area contributed by atoms with Crippen LogP contribution in [0.2, 0.25) is 0 Å². The largest absolute Gasteiger partial charge is 0.465 e. The molecule has 0 amide bonds. The summed E-state index contributed by atoms with van der Waals surface area (Å²) in [6.45, 7) is 32.4. The summed E-state index contributed by atoms with van der Waals surface area (Å²) in [7, 11) is 4.15. The number of nitrogens with zero attached hydrogens (tertiary/aromatic N) is 2. The number of rotatable bonds is 88. The van der Waals surface area contributed by atoms with Gasteiger partial charge >= 0.3 is 17.9 Å². The fraction of sp³-hybridized carbons (Fsp3) is 0.973. The smallest absolute Gasteiger partial charge is 0.306 e. The van der Waals surface area contributed by atoms with Gasteiger partial charge in [-0.1, -0.05) is 365 Å². The van der Waals surface area contributed by atoms with Gasteiger partial charge in [-0.2, -0.15) is 0 Å². The second-order valence-corrected chi connectivity index (χ2v) is 41.9. The molecular formula is C110H212N2O10. The molecule has 0 radical (unpaired) electrons. The second kappa shape index (κ2) is 79.0. The maximum Gasteiger partial charge on any atom is 0.306 e. The van der Waals surface area contributed by atoms with Gasteiger partial charge in [0.1, 0.15) is 6.10 Å². The number of esters is 3. The molecule has 12 nitrogen and oxygen atoms in total. The summed E-state index contributed by atoms with van der Waals surface area (Å²) >= 11 is 0. The Hall–Kier alpha value is -1.83. The summed E-state index contributed by atoms with van der Waals surface area (Å²) < 4.78 is 45.2. The van der Waals surface area contributed by atoms with Crippen molar-refractivity contribution in [3.05, 3.63) is 0 Å². The van der Waals surface area contributed by atoms with Crippen LogP contribution in [0.25, 0.3) is 0 Å². The monoisotopic (exact) mass is 1720 g/mol. The first kappa shape index (κ1) is 114. The number of unbranched alkanes of at least 4 members (excludes halogenated alkanes) is 31. The maximum absolute atomic E-state index is 13.1. The standard InChI is InChI=1S/C110H212N2O10/c1-13-16-41-64-101(65-42-17-14-2)80-92-120-109(82-53-38-54-83-109)118-90-60-35-25-29-49-71-105(122-108(115)75-62-86-111(11)12)72-50-30-26-36-61-91-119-110(84-55-39-56-85-110)121-93-81-102(66-43-18-15-3)70-47-34-33-44-63-99(10)77-79-104(98(8)9)95-117-107(114)74-52-32-24-20-22-28-46-68-100(69-48-37-57-87-112-88-58-40-59-89-112)67-45-27-21-19-23-31-51-73-106(113)116-94-103(97(6)7)78-76-96(4)5/h96-105H,13-95H2,1-12H3. The molecule has 0 bridgehead atoms. The lowest BCUT2D eigenvalue weighted by Gasteiger charge is -2.37. The van der Waals surface area contributed by atoms with E-state index in [9.17, 15) is 14.4 Å². The zero-order valence-corrected chi connectivity index (χ0v) is 83.9. The third-order valence-corrected chi connectivity index (χ3v) is 29.0. The molecule has 0 spiro atoms. The highest BCUT2D eigenvalue weighted by molar-refractivity contribution is 5.70.